The zero-order valence-electron chi connectivity index (χ0n) is 11.2. The van der Waals surface area contributed by atoms with E-state index in [1.807, 2.05) is 12.1 Å². The predicted octanol–water partition coefficient (Wildman–Crippen LogP) is 2.71. The Hall–Kier alpha value is -1.13. The molecule has 0 amide bonds. The van der Waals surface area contributed by atoms with Gasteiger partial charge < -0.3 is 10.2 Å². The lowest BCUT2D eigenvalue weighted by molar-refractivity contribution is -0.00916. The van der Waals surface area contributed by atoms with Crippen LogP contribution >= 0.6 is 0 Å². The van der Waals surface area contributed by atoms with Crippen LogP contribution in [-0.2, 0) is 11.3 Å². The van der Waals surface area contributed by atoms with Crippen molar-refractivity contribution in [2.24, 2.45) is 17.7 Å². The number of nitrogens with two attached hydrogens (primary N) is 1. The first kappa shape index (κ1) is 13.3. The molecule has 0 radical (unpaired) electrons. The number of nitrogens with zero attached hydrogens (tertiary/aromatic N) is 1. The highest BCUT2D eigenvalue weighted by atomic mass is 16.5. The average molecular weight is 249 g/mol. The molecule has 1 aromatic rings. The van der Waals surface area contributed by atoms with Crippen molar-refractivity contribution in [3.8, 4) is 0 Å². The summed E-state index contributed by atoms with van der Waals surface area (Å²) in [5.74, 6) is 7.57. The molecule has 2 unspecified atom stereocenters. The first-order valence-electron chi connectivity index (χ1n) is 6.70. The number of anilines is 1. The molecule has 100 valence electrons. The molecular weight excluding hydrogens is 226 g/mol. The van der Waals surface area contributed by atoms with Gasteiger partial charge in [-0.2, -0.15) is 0 Å². The maximum absolute atomic E-state index is 6.01. The van der Waals surface area contributed by atoms with E-state index < -0.39 is 0 Å². The fourth-order valence-corrected chi connectivity index (χ4v) is 2.87. The van der Waals surface area contributed by atoms with Crippen molar-refractivity contribution in [2.75, 3.05) is 5.43 Å². The molecule has 1 fully saturated rings. The van der Waals surface area contributed by atoms with E-state index in [9.17, 15) is 0 Å². The number of hydrogen-bond acceptors (Lipinski definition) is 4. The van der Waals surface area contributed by atoms with Crippen LogP contribution in [0.4, 0.5) is 5.82 Å². The number of ether oxygens (including phenoxy) is 1. The monoisotopic (exact) mass is 249 g/mol. The first-order valence-corrected chi connectivity index (χ1v) is 6.70. The van der Waals surface area contributed by atoms with Gasteiger partial charge in [0.15, 0.2) is 0 Å². The van der Waals surface area contributed by atoms with Crippen LogP contribution in [0.5, 0.6) is 0 Å². The molecule has 2 rings (SSSR count). The Morgan fingerprint density at radius 2 is 2.06 bits per heavy atom. The zero-order valence-corrected chi connectivity index (χ0v) is 11.2. The van der Waals surface area contributed by atoms with E-state index in [-0.39, 0.29) is 0 Å². The molecule has 1 heterocycles. The molecule has 1 saturated carbocycles. The predicted molar refractivity (Wildman–Crippen MR) is 72.8 cm³/mol. The van der Waals surface area contributed by atoms with Gasteiger partial charge in [0.05, 0.1) is 12.7 Å². The summed E-state index contributed by atoms with van der Waals surface area (Å²) in [6, 6.07) is 3.90. The van der Waals surface area contributed by atoms with Crippen molar-refractivity contribution in [2.45, 2.75) is 45.8 Å². The van der Waals surface area contributed by atoms with Crippen LogP contribution < -0.4 is 11.3 Å². The first-order chi connectivity index (χ1) is 8.67. The lowest BCUT2D eigenvalue weighted by Gasteiger charge is -2.31. The van der Waals surface area contributed by atoms with E-state index in [0.29, 0.717) is 18.5 Å². The van der Waals surface area contributed by atoms with Gasteiger partial charge in [-0.15, -0.1) is 0 Å². The Labute approximate surface area is 109 Å². The summed E-state index contributed by atoms with van der Waals surface area (Å²) < 4.78 is 6.01. The van der Waals surface area contributed by atoms with Crippen molar-refractivity contribution in [3.05, 3.63) is 23.9 Å². The summed E-state index contributed by atoms with van der Waals surface area (Å²) in [6.07, 6.45) is 5.83. The third-order valence-corrected chi connectivity index (χ3v) is 3.59. The molecule has 0 spiro atoms. The average Bonchev–Trinajstić information content (AvgIpc) is 2.35. The van der Waals surface area contributed by atoms with Crippen molar-refractivity contribution in [3.63, 3.8) is 0 Å². The fourth-order valence-electron chi connectivity index (χ4n) is 2.87. The second kappa shape index (κ2) is 6.16. The number of aromatic nitrogens is 1. The second-order valence-electron chi connectivity index (χ2n) is 5.54. The number of hydrazine groups is 1. The van der Waals surface area contributed by atoms with Gasteiger partial charge in [-0.05, 0) is 48.8 Å². The number of hydrogen-bond donors (Lipinski definition) is 2. The molecule has 0 aliphatic heterocycles. The standard InChI is InChI=1S/C14H23N3O/c1-10-5-11(2)7-13(6-10)18-9-12-3-4-16-14(8-12)17-15/h3-4,8,10-11,13H,5-7,9,15H2,1-2H3,(H,16,17). The van der Waals surface area contributed by atoms with E-state index in [1.54, 1.807) is 6.20 Å². The van der Waals surface area contributed by atoms with Gasteiger partial charge in [-0.1, -0.05) is 13.8 Å². The van der Waals surface area contributed by atoms with E-state index in [4.69, 9.17) is 10.6 Å². The third-order valence-electron chi connectivity index (χ3n) is 3.59. The lowest BCUT2D eigenvalue weighted by Crippen LogP contribution is -2.26. The van der Waals surface area contributed by atoms with E-state index >= 15 is 0 Å². The highest BCUT2D eigenvalue weighted by molar-refractivity contribution is 5.35. The quantitative estimate of drug-likeness (QED) is 0.636. The van der Waals surface area contributed by atoms with Crippen molar-refractivity contribution >= 4 is 5.82 Å². The normalized spacial score (nSPS) is 28.1. The number of rotatable bonds is 4. The van der Waals surface area contributed by atoms with Crippen LogP contribution in [0.1, 0.15) is 38.7 Å². The lowest BCUT2D eigenvalue weighted by atomic mass is 9.82. The van der Waals surface area contributed by atoms with Gasteiger partial charge >= 0.3 is 0 Å². The largest absolute Gasteiger partial charge is 0.374 e. The Morgan fingerprint density at radius 1 is 1.33 bits per heavy atom. The second-order valence-corrected chi connectivity index (χ2v) is 5.54. The summed E-state index contributed by atoms with van der Waals surface area (Å²) in [6.45, 7) is 5.27. The molecule has 0 saturated heterocycles. The van der Waals surface area contributed by atoms with Crippen LogP contribution in [-0.4, -0.2) is 11.1 Å². The summed E-state index contributed by atoms with van der Waals surface area (Å²) in [5.41, 5.74) is 3.67. The molecule has 18 heavy (non-hydrogen) atoms. The minimum absolute atomic E-state index is 0.395. The smallest absolute Gasteiger partial charge is 0.140 e. The SMILES string of the molecule is CC1CC(C)CC(OCc2ccnc(NN)c2)C1. The summed E-state index contributed by atoms with van der Waals surface area (Å²) >= 11 is 0. The highest BCUT2D eigenvalue weighted by Crippen LogP contribution is 2.30. The molecule has 2 atom stereocenters. The minimum Gasteiger partial charge on any atom is -0.374 e. The third kappa shape index (κ3) is 3.68. The van der Waals surface area contributed by atoms with Crippen LogP contribution in [0, 0.1) is 11.8 Å². The van der Waals surface area contributed by atoms with Crippen LogP contribution in [0.15, 0.2) is 18.3 Å². The number of pyridine rings is 1. The maximum atomic E-state index is 6.01. The molecule has 3 N–H and O–H groups in total. The molecule has 0 bridgehead atoms. The molecule has 1 aliphatic carbocycles. The van der Waals surface area contributed by atoms with Gasteiger partial charge in [0.2, 0.25) is 0 Å². The van der Waals surface area contributed by atoms with E-state index in [0.717, 1.165) is 17.4 Å². The molecule has 4 heteroatoms. The maximum Gasteiger partial charge on any atom is 0.140 e. The summed E-state index contributed by atoms with van der Waals surface area (Å²) in [4.78, 5) is 4.09. The molecule has 4 nitrogen and oxygen atoms in total. The Kier molecular flexibility index (Phi) is 4.55. The van der Waals surface area contributed by atoms with Crippen molar-refractivity contribution in [1.29, 1.82) is 0 Å². The number of nitrogens with one attached hydrogen (secondary N) is 1. The fraction of sp³-hybridized carbons (Fsp3) is 0.643. The zero-order chi connectivity index (χ0) is 13.0. The van der Waals surface area contributed by atoms with Crippen LogP contribution in [0.3, 0.4) is 0 Å². The highest BCUT2D eigenvalue weighted by Gasteiger charge is 2.24. The van der Waals surface area contributed by atoms with E-state index in [2.05, 4.69) is 24.3 Å². The molecule has 0 aromatic carbocycles. The molecular formula is C14H23N3O. The molecule has 1 aromatic heterocycles. The summed E-state index contributed by atoms with van der Waals surface area (Å²) in [5, 5.41) is 0. The van der Waals surface area contributed by atoms with Gasteiger partial charge in [0.25, 0.3) is 0 Å². The van der Waals surface area contributed by atoms with Gasteiger partial charge in [0.1, 0.15) is 5.82 Å². The number of nitrogen functional groups attached to an aromatic ring is 1. The van der Waals surface area contributed by atoms with Crippen molar-refractivity contribution < 1.29 is 4.74 Å². The van der Waals surface area contributed by atoms with E-state index in [1.165, 1.54) is 19.3 Å². The minimum atomic E-state index is 0.395. The topological polar surface area (TPSA) is 60.2 Å². The van der Waals surface area contributed by atoms with Crippen molar-refractivity contribution in [1.82, 2.24) is 4.98 Å². The van der Waals surface area contributed by atoms with Gasteiger partial charge in [-0.3, -0.25) is 0 Å². The van der Waals surface area contributed by atoms with Gasteiger partial charge in [0, 0.05) is 6.20 Å². The van der Waals surface area contributed by atoms with Crippen LogP contribution in [0.2, 0.25) is 0 Å². The van der Waals surface area contributed by atoms with Gasteiger partial charge in [-0.25, -0.2) is 10.8 Å². The molecule has 1 aliphatic rings. The Bertz CT molecular complexity index is 373. The summed E-state index contributed by atoms with van der Waals surface area (Å²) in [7, 11) is 0. The van der Waals surface area contributed by atoms with Crippen LogP contribution in [0.25, 0.3) is 0 Å². The Morgan fingerprint density at radius 3 is 2.72 bits per heavy atom. The Balaban J connectivity index is 1.86.